The number of imidazole rings is 1. The van der Waals surface area contributed by atoms with Gasteiger partial charge in [0.25, 0.3) is 5.82 Å². The van der Waals surface area contributed by atoms with Crippen LogP contribution in [0.4, 0.5) is 0 Å². The van der Waals surface area contributed by atoms with Gasteiger partial charge in [-0.2, -0.15) is 0 Å². The molecule has 0 atom stereocenters. The molecule has 2 aromatic rings. The SMILES string of the molecule is CC[n+]1c(C)n(CCN2CCOCC2)c2cc(Cl)ccc21.Cl.[Cl-]. The molecular weight excluding hydrogens is 357 g/mol. The van der Waals surface area contributed by atoms with Crippen LogP contribution < -0.4 is 17.0 Å². The molecule has 3 rings (SSSR count). The lowest BCUT2D eigenvalue weighted by Crippen LogP contribution is -3.00. The number of rotatable bonds is 4. The highest BCUT2D eigenvalue weighted by atomic mass is 35.5. The van der Waals surface area contributed by atoms with Gasteiger partial charge in [-0.1, -0.05) is 11.6 Å². The molecule has 130 valence electrons. The molecule has 0 N–H and O–H groups in total. The molecule has 1 aliphatic rings. The van der Waals surface area contributed by atoms with Crippen LogP contribution in [0, 0.1) is 6.92 Å². The van der Waals surface area contributed by atoms with Crippen LogP contribution in [0.2, 0.25) is 5.02 Å². The summed E-state index contributed by atoms with van der Waals surface area (Å²) in [6.07, 6.45) is 0. The predicted molar refractivity (Wildman–Crippen MR) is 92.1 cm³/mol. The van der Waals surface area contributed by atoms with Crippen LogP contribution in [0.1, 0.15) is 12.7 Å². The summed E-state index contributed by atoms with van der Waals surface area (Å²) >= 11 is 6.19. The second kappa shape index (κ2) is 9.09. The predicted octanol–water partition coefficient (Wildman–Crippen LogP) is -0.331. The van der Waals surface area contributed by atoms with Gasteiger partial charge in [-0.3, -0.25) is 4.90 Å². The standard InChI is InChI=1S/C16H23ClN3O.2ClH/c1-3-19-13(2)20(7-6-18-8-10-21-11-9-18)16-12-14(17)4-5-15(16)19;;/h4-5,12H,3,6-11H2,1-2H3;2*1H/q+1;;/p-1. The van der Waals surface area contributed by atoms with Crippen LogP contribution >= 0.6 is 24.0 Å². The number of aromatic nitrogens is 2. The van der Waals surface area contributed by atoms with Gasteiger partial charge in [0.1, 0.15) is 6.54 Å². The van der Waals surface area contributed by atoms with E-state index in [0.717, 1.165) is 51.0 Å². The van der Waals surface area contributed by atoms with Gasteiger partial charge in [0.15, 0.2) is 11.0 Å². The Morgan fingerprint density at radius 1 is 1.22 bits per heavy atom. The summed E-state index contributed by atoms with van der Waals surface area (Å²) in [6, 6.07) is 6.18. The minimum Gasteiger partial charge on any atom is -1.00 e. The number of fused-ring (bicyclic) bond motifs is 1. The van der Waals surface area contributed by atoms with Crippen LogP contribution in [-0.2, 0) is 17.8 Å². The second-order valence-corrected chi connectivity index (χ2v) is 5.97. The van der Waals surface area contributed by atoms with E-state index in [1.54, 1.807) is 0 Å². The second-order valence-electron chi connectivity index (χ2n) is 5.53. The lowest BCUT2D eigenvalue weighted by molar-refractivity contribution is -0.675. The summed E-state index contributed by atoms with van der Waals surface area (Å²) in [5, 5.41) is 0.802. The maximum absolute atomic E-state index is 6.19. The lowest BCUT2D eigenvalue weighted by Gasteiger charge is -2.25. The fraction of sp³-hybridized carbons (Fsp3) is 0.562. The zero-order valence-electron chi connectivity index (χ0n) is 13.6. The van der Waals surface area contributed by atoms with E-state index in [9.17, 15) is 0 Å². The van der Waals surface area contributed by atoms with E-state index < -0.39 is 0 Å². The quantitative estimate of drug-likeness (QED) is 0.677. The molecule has 4 nitrogen and oxygen atoms in total. The molecule has 1 aromatic carbocycles. The highest BCUT2D eigenvalue weighted by Gasteiger charge is 2.21. The van der Waals surface area contributed by atoms with Crippen LogP contribution in [0.15, 0.2) is 18.2 Å². The van der Waals surface area contributed by atoms with Crippen molar-refractivity contribution in [2.75, 3.05) is 32.8 Å². The molecule has 0 saturated carbocycles. The number of nitrogens with zero attached hydrogens (tertiary/aromatic N) is 3. The zero-order valence-corrected chi connectivity index (χ0v) is 15.9. The fourth-order valence-electron chi connectivity index (χ4n) is 3.18. The van der Waals surface area contributed by atoms with E-state index in [0.29, 0.717) is 0 Å². The van der Waals surface area contributed by atoms with Crippen molar-refractivity contribution in [2.24, 2.45) is 0 Å². The molecule has 1 saturated heterocycles. The van der Waals surface area contributed by atoms with E-state index in [1.165, 1.54) is 16.9 Å². The Morgan fingerprint density at radius 2 is 1.91 bits per heavy atom. The van der Waals surface area contributed by atoms with Crippen molar-refractivity contribution in [1.29, 1.82) is 0 Å². The molecule has 1 aliphatic heterocycles. The van der Waals surface area contributed by atoms with E-state index in [4.69, 9.17) is 16.3 Å². The van der Waals surface area contributed by atoms with E-state index in [2.05, 4.69) is 40.0 Å². The fourth-order valence-corrected chi connectivity index (χ4v) is 3.35. The Labute approximate surface area is 155 Å². The van der Waals surface area contributed by atoms with Gasteiger partial charge in [-0.05, 0) is 19.1 Å². The van der Waals surface area contributed by atoms with Gasteiger partial charge in [-0.15, -0.1) is 12.4 Å². The first-order valence-corrected chi connectivity index (χ1v) is 8.07. The molecule has 1 aromatic heterocycles. The average molecular weight is 381 g/mol. The van der Waals surface area contributed by atoms with Crippen LogP contribution in [-0.4, -0.2) is 42.3 Å². The number of halogens is 3. The summed E-state index contributed by atoms with van der Waals surface area (Å²) in [6.45, 7) is 11.2. The topological polar surface area (TPSA) is 21.3 Å². The number of benzene rings is 1. The van der Waals surface area contributed by atoms with Gasteiger partial charge < -0.3 is 17.1 Å². The summed E-state index contributed by atoms with van der Waals surface area (Å²) in [4.78, 5) is 2.47. The molecule has 23 heavy (non-hydrogen) atoms. The Bertz CT molecular complexity index is 639. The van der Waals surface area contributed by atoms with Gasteiger partial charge in [0.05, 0.1) is 19.8 Å². The van der Waals surface area contributed by atoms with Gasteiger partial charge in [-0.25, -0.2) is 9.13 Å². The van der Waals surface area contributed by atoms with Crippen LogP contribution in [0.25, 0.3) is 11.0 Å². The van der Waals surface area contributed by atoms with E-state index in [-0.39, 0.29) is 24.8 Å². The Morgan fingerprint density at radius 3 is 2.57 bits per heavy atom. The van der Waals surface area contributed by atoms with Crippen molar-refractivity contribution in [3.8, 4) is 0 Å². The minimum absolute atomic E-state index is 0. The van der Waals surface area contributed by atoms with Gasteiger partial charge in [0.2, 0.25) is 0 Å². The number of ether oxygens (including phenoxy) is 1. The molecule has 2 heterocycles. The summed E-state index contributed by atoms with van der Waals surface area (Å²) in [5.74, 6) is 1.29. The first-order chi connectivity index (χ1) is 10.2. The average Bonchev–Trinajstić information content (AvgIpc) is 2.77. The monoisotopic (exact) mass is 379 g/mol. The summed E-state index contributed by atoms with van der Waals surface area (Å²) in [5.41, 5.74) is 2.50. The normalized spacial score (nSPS) is 15.3. The number of hydrogen-bond donors (Lipinski definition) is 0. The van der Waals surface area contributed by atoms with E-state index >= 15 is 0 Å². The number of hydrogen-bond acceptors (Lipinski definition) is 2. The molecular formula is C16H24Cl3N3O. The zero-order chi connectivity index (χ0) is 14.8. The molecule has 1 fully saturated rings. The van der Waals surface area contributed by atoms with Crippen LogP contribution in [0.3, 0.4) is 0 Å². The summed E-state index contributed by atoms with van der Waals surface area (Å²) in [7, 11) is 0. The smallest absolute Gasteiger partial charge is 0.254 e. The first-order valence-electron chi connectivity index (χ1n) is 7.69. The van der Waals surface area contributed by atoms with Crippen molar-refractivity contribution in [2.45, 2.75) is 26.9 Å². The van der Waals surface area contributed by atoms with Crippen molar-refractivity contribution >= 4 is 35.0 Å². The van der Waals surface area contributed by atoms with Gasteiger partial charge in [0, 0.05) is 37.6 Å². The first kappa shape index (κ1) is 20.5. The maximum Gasteiger partial charge on any atom is 0.254 e. The molecule has 0 aliphatic carbocycles. The van der Waals surface area contributed by atoms with Gasteiger partial charge >= 0.3 is 0 Å². The largest absolute Gasteiger partial charge is 1.00 e. The molecule has 7 heteroatoms. The third-order valence-electron chi connectivity index (χ3n) is 4.36. The Hall–Kier alpha value is -0.520. The Kier molecular flexibility index (Phi) is 8.11. The highest BCUT2D eigenvalue weighted by molar-refractivity contribution is 6.31. The molecule has 0 radical (unpaired) electrons. The van der Waals surface area contributed by atoms with Crippen LogP contribution in [0.5, 0.6) is 0 Å². The van der Waals surface area contributed by atoms with Crippen molar-refractivity contribution in [1.82, 2.24) is 9.47 Å². The third-order valence-corrected chi connectivity index (χ3v) is 4.60. The molecule has 0 bridgehead atoms. The maximum atomic E-state index is 6.19. The van der Waals surface area contributed by atoms with Crippen molar-refractivity contribution in [3.63, 3.8) is 0 Å². The van der Waals surface area contributed by atoms with Crippen molar-refractivity contribution < 1.29 is 21.7 Å². The molecule has 0 amide bonds. The molecule has 0 spiro atoms. The number of aryl methyl sites for hydroxylation is 1. The lowest BCUT2D eigenvalue weighted by atomic mass is 10.3. The molecule has 0 unspecified atom stereocenters. The highest BCUT2D eigenvalue weighted by Crippen LogP contribution is 2.19. The number of morpholine rings is 1. The van der Waals surface area contributed by atoms with E-state index in [1.807, 2.05) is 6.07 Å². The third kappa shape index (κ3) is 4.31. The van der Waals surface area contributed by atoms with Crippen molar-refractivity contribution in [3.05, 3.63) is 29.0 Å². The Balaban J connectivity index is 0.00000132. The minimum atomic E-state index is 0. The summed E-state index contributed by atoms with van der Waals surface area (Å²) < 4.78 is 10.2.